The Labute approximate surface area is 154 Å². The molecule has 0 bridgehead atoms. The molecule has 0 aliphatic heterocycles. The van der Waals surface area contributed by atoms with E-state index in [0.717, 1.165) is 6.07 Å². The van der Waals surface area contributed by atoms with Gasteiger partial charge in [-0.2, -0.15) is 0 Å². The van der Waals surface area contributed by atoms with Crippen molar-refractivity contribution in [3.8, 4) is 0 Å². The van der Waals surface area contributed by atoms with E-state index in [1.807, 2.05) is 0 Å². The summed E-state index contributed by atoms with van der Waals surface area (Å²) in [6.07, 6.45) is -0.542. The monoisotopic (exact) mass is 315 g/mol. The predicted molar refractivity (Wildman–Crippen MR) is 56.8 cm³/mol. The Morgan fingerprint density at radius 2 is 1.83 bits per heavy atom. The van der Waals surface area contributed by atoms with Crippen LogP contribution in [0.25, 0.3) is 0 Å². The van der Waals surface area contributed by atoms with Gasteiger partial charge in [-0.15, -0.1) is 0 Å². The van der Waals surface area contributed by atoms with Crippen LogP contribution in [0.4, 0.5) is 5.69 Å². The topological polar surface area (TPSA) is 100 Å². The van der Waals surface area contributed by atoms with E-state index < -0.39 is 28.8 Å². The molecule has 0 radical (unpaired) electrons. The largest absolute Gasteiger partial charge is 1.00 e. The number of hydrogen-bond acceptors (Lipinski definition) is 5. The maximum atomic E-state index is 10.9. The molecule has 9 heteroatoms. The minimum Gasteiger partial charge on any atom is -0.542 e. The van der Waals surface area contributed by atoms with E-state index >= 15 is 0 Å². The zero-order chi connectivity index (χ0) is 13.2. The van der Waals surface area contributed by atoms with Crippen molar-refractivity contribution in [1.29, 1.82) is 0 Å². The zero-order valence-corrected chi connectivity index (χ0v) is 13.7. The predicted octanol–water partition coefficient (Wildman–Crippen LogP) is -2.23. The second-order valence-electron chi connectivity index (χ2n) is 3.06. The molecule has 0 saturated heterocycles. The second kappa shape index (κ2) is 7.54. The number of carboxylic acids is 1. The van der Waals surface area contributed by atoms with Gasteiger partial charge in [-0.25, -0.2) is 0 Å². The molecule has 0 fully saturated rings. The minimum atomic E-state index is -1.86. The second-order valence-corrected chi connectivity index (χ2v) is 3.84. The molecule has 0 saturated carbocycles. The molecule has 18 heavy (non-hydrogen) atoms. The summed E-state index contributed by atoms with van der Waals surface area (Å²) in [5.74, 6) is -3.06. The molecule has 0 unspecified atom stereocenters. The van der Waals surface area contributed by atoms with Crippen molar-refractivity contribution in [2.24, 2.45) is 0 Å². The Morgan fingerprint density at radius 1 is 1.28 bits per heavy atom. The molecule has 0 heterocycles. The first-order chi connectivity index (χ1) is 7.82. The average Bonchev–Trinajstić information content (AvgIpc) is 2.22. The maximum absolute atomic E-state index is 10.9. The Bertz CT molecular complexity index is 520. The third kappa shape index (κ3) is 4.58. The first-order valence-electron chi connectivity index (χ1n) is 4.19. The number of carboxylic acid groups (broad SMARTS) is 1. The van der Waals surface area contributed by atoms with Crippen LogP contribution >= 0.6 is 23.2 Å². The van der Waals surface area contributed by atoms with Crippen molar-refractivity contribution < 1.29 is 71.0 Å². The van der Waals surface area contributed by atoms with Gasteiger partial charge in [0.05, 0.1) is 9.95 Å². The van der Waals surface area contributed by atoms with Crippen LogP contribution in [0, 0.1) is 10.1 Å². The van der Waals surface area contributed by atoms with E-state index in [1.165, 1.54) is 6.07 Å². The van der Waals surface area contributed by atoms with E-state index in [2.05, 4.69) is 0 Å². The molecule has 1 aromatic rings. The molecule has 0 amide bonds. The number of rotatable bonds is 4. The van der Waals surface area contributed by atoms with Gasteiger partial charge in [0.1, 0.15) is 11.0 Å². The summed E-state index contributed by atoms with van der Waals surface area (Å²) in [6, 6.07) is 2.19. The summed E-state index contributed by atoms with van der Waals surface area (Å²) in [5, 5.41) is 20.4. The van der Waals surface area contributed by atoms with Gasteiger partial charge in [0.25, 0.3) is 5.69 Å². The molecule has 0 aromatic heterocycles. The van der Waals surface area contributed by atoms with Crippen molar-refractivity contribution in [3.05, 3.63) is 37.9 Å². The van der Waals surface area contributed by atoms with Gasteiger partial charge in [-0.05, 0) is 11.6 Å². The van der Waals surface area contributed by atoms with Gasteiger partial charge in [-0.3, -0.25) is 14.9 Å². The maximum Gasteiger partial charge on any atom is 1.00 e. The summed E-state index contributed by atoms with van der Waals surface area (Å²) in [5.41, 5.74) is -0.402. The number of benzene rings is 1. The summed E-state index contributed by atoms with van der Waals surface area (Å²) < 4.78 is 0. The third-order valence-corrected chi connectivity index (χ3v) is 2.65. The third-order valence-electron chi connectivity index (χ3n) is 1.86. The van der Waals surface area contributed by atoms with E-state index in [0.29, 0.717) is 0 Å². The molecule has 0 aliphatic carbocycles. The zero-order valence-electron chi connectivity index (χ0n) is 9.11. The van der Waals surface area contributed by atoms with Crippen molar-refractivity contribution in [3.63, 3.8) is 0 Å². The van der Waals surface area contributed by atoms with Gasteiger partial charge in [0.2, 0.25) is 0 Å². The fourth-order valence-electron chi connectivity index (χ4n) is 1.12. The number of ketones is 1. The molecule has 1 aromatic carbocycles. The van der Waals surface area contributed by atoms with Crippen molar-refractivity contribution >= 4 is 40.6 Å². The Morgan fingerprint density at radius 3 is 2.28 bits per heavy atom. The molecule has 0 aliphatic rings. The van der Waals surface area contributed by atoms with E-state index in [4.69, 9.17) is 23.2 Å². The number of carbonyl (C=O) groups excluding carboxylic acids is 2. The number of carbonyl (C=O) groups is 2. The molecular formula is C9H4Cl2KNO5. The molecular weight excluding hydrogens is 312 g/mol. The minimum absolute atomic E-state index is 0. The number of nitro groups is 1. The van der Waals surface area contributed by atoms with Crippen LogP contribution < -0.4 is 56.5 Å². The summed E-state index contributed by atoms with van der Waals surface area (Å²) in [7, 11) is 0. The molecule has 1 rings (SSSR count). The van der Waals surface area contributed by atoms with Crippen LogP contribution in [-0.2, 0) is 16.0 Å². The quantitative estimate of drug-likeness (QED) is 0.271. The van der Waals surface area contributed by atoms with Gasteiger partial charge in [-0.1, -0.05) is 23.2 Å². The van der Waals surface area contributed by atoms with E-state index in [9.17, 15) is 24.8 Å². The Balaban J connectivity index is 0.00000289. The van der Waals surface area contributed by atoms with Crippen LogP contribution in [0.2, 0.25) is 10.0 Å². The van der Waals surface area contributed by atoms with Gasteiger partial charge < -0.3 is 9.90 Å². The SMILES string of the molecule is O=C([O-])C(=O)Cc1cc(Cl)c(Cl)c([N+](=O)[O-])c1.[K+]. The molecule has 0 N–H and O–H groups in total. The van der Waals surface area contributed by atoms with Crippen molar-refractivity contribution in [1.82, 2.24) is 0 Å². The number of nitrogens with zero attached hydrogens (tertiary/aromatic N) is 1. The number of Topliss-reactive ketones (excluding diaryl/α,β-unsaturated/α-hetero) is 1. The summed E-state index contributed by atoms with van der Waals surface area (Å²) >= 11 is 11.2. The van der Waals surface area contributed by atoms with Crippen LogP contribution in [0.3, 0.4) is 0 Å². The van der Waals surface area contributed by atoms with Gasteiger partial charge >= 0.3 is 51.4 Å². The smallest absolute Gasteiger partial charge is 0.542 e. The standard InChI is InChI=1S/C9H5Cl2NO5.K/c10-5-1-4(3-7(13)9(14)15)2-6(8(5)11)12(16)17;/h1-2H,3H2,(H,14,15);/q;+1/p-1. The average molecular weight is 316 g/mol. The normalized spacial score (nSPS) is 9.44. The van der Waals surface area contributed by atoms with Crippen molar-refractivity contribution in [2.75, 3.05) is 0 Å². The summed E-state index contributed by atoms with van der Waals surface area (Å²) in [4.78, 5) is 30.9. The number of aliphatic carboxylic acids is 1. The van der Waals surface area contributed by atoms with E-state index in [-0.39, 0.29) is 67.0 Å². The fourth-order valence-corrected chi connectivity index (χ4v) is 1.54. The van der Waals surface area contributed by atoms with Crippen LogP contribution in [0.5, 0.6) is 0 Å². The number of hydrogen-bond donors (Lipinski definition) is 0. The van der Waals surface area contributed by atoms with Gasteiger partial charge in [0, 0.05) is 12.5 Å². The summed E-state index contributed by atoms with van der Waals surface area (Å²) in [6.45, 7) is 0. The fraction of sp³-hybridized carbons (Fsp3) is 0.111. The number of nitro benzene ring substituents is 1. The molecule has 90 valence electrons. The first kappa shape index (κ1) is 18.0. The van der Waals surface area contributed by atoms with Crippen LogP contribution in [0.1, 0.15) is 5.56 Å². The van der Waals surface area contributed by atoms with Gasteiger partial charge in [0.15, 0.2) is 5.78 Å². The molecule has 0 spiro atoms. The Kier molecular flexibility index (Phi) is 7.53. The van der Waals surface area contributed by atoms with Crippen LogP contribution in [-0.4, -0.2) is 16.7 Å². The molecule has 6 nitrogen and oxygen atoms in total. The van der Waals surface area contributed by atoms with Crippen LogP contribution in [0.15, 0.2) is 12.1 Å². The first-order valence-corrected chi connectivity index (χ1v) is 4.95. The van der Waals surface area contributed by atoms with E-state index in [1.54, 1.807) is 0 Å². The molecule has 0 atom stereocenters. The van der Waals surface area contributed by atoms with Crippen molar-refractivity contribution in [2.45, 2.75) is 6.42 Å². The number of halogens is 2. The Hall–Kier alpha value is -0.0236.